The summed E-state index contributed by atoms with van der Waals surface area (Å²) in [4.78, 5) is 0.310. The molecular formula is C13H19IN2O2S. The Kier molecular flexibility index (Phi) is 5.22. The van der Waals surface area contributed by atoms with Crippen LogP contribution in [0.2, 0.25) is 0 Å². The number of rotatable bonds is 5. The Morgan fingerprint density at radius 1 is 1.26 bits per heavy atom. The molecule has 0 amide bonds. The molecule has 19 heavy (non-hydrogen) atoms. The first-order valence-electron chi connectivity index (χ1n) is 6.51. The Hall–Kier alpha value is -0.180. The number of hydrogen-bond donors (Lipinski definition) is 2. The normalized spacial score (nSPS) is 18.6. The molecule has 6 heteroatoms. The maximum atomic E-state index is 12.3. The fraction of sp³-hybridized carbons (Fsp3) is 0.538. The summed E-state index contributed by atoms with van der Waals surface area (Å²) in [5.74, 6) is 0.378. The van der Waals surface area contributed by atoms with E-state index >= 15 is 0 Å². The highest BCUT2D eigenvalue weighted by Gasteiger charge is 2.28. The predicted molar refractivity (Wildman–Crippen MR) is 84.3 cm³/mol. The summed E-state index contributed by atoms with van der Waals surface area (Å²) in [6.07, 6.45) is 4.48. The van der Waals surface area contributed by atoms with E-state index in [0.717, 1.165) is 16.4 Å². The molecule has 0 heterocycles. The number of nitrogens with one attached hydrogen (secondary N) is 1. The van der Waals surface area contributed by atoms with Crippen LogP contribution in [-0.4, -0.2) is 21.0 Å². The van der Waals surface area contributed by atoms with Gasteiger partial charge in [-0.15, -0.1) is 0 Å². The van der Waals surface area contributed by atoms with Gasteiger partial charge in [0, 0.05) is 16.2 Å². The molecule has 1 aliphatic rings. The average molecular weight is 394 g/mol. The lowest BCUT2D eigenvalue weighted by molar-refractivity contribution is 0.405. The van der Waals surface area contributed by atoms with Crippen LogP contribution in [-0.2, 0) is 10.0 Å². The van der Waals surface area contributed by atoms with Gasteiger partial charge in [0.25, 0.3) is 0 Å². The summed E-state index contributed by atoms with van der Waals surface area (Å²) in [7, 11) is -3.46. The van der Waals surface area contributed by atoms with Crippen molar-refractivity contribution < 1.29 is 8.42 Å². The molecule has 1 aliphatic carbocycles. The van der Waals surface area contributed by atoms with E-state index in [4.69, 9.17) is 5.73 Å². The van der Waals surface area contributed by atoms with Gasteiger partial charge in [-0.3, -0.25) is 0 Å². The summed E-state index contributed by atoms with van der Waals surface area (Å²) in [5, 5.41) is 0. The van der Waals surface area contributed by atoms with E-state index in [-0.39, 0.29) is 6.04 Å². The summed E-state index contributed by atoms with van der Waals surface area (Å²) in [5.41, 5.74) is 5.73. The lowest BCUT2D eigenvalue weighted by Gasteiger charge is -2.23. The van der Waals surface area contributed by atoms with Crippen LogP contribution >= 0.6 is 22.6 Å². The van der Waals surface area contributed by atoms with E-state index in [1.54, 1.807) is 24.3 Å². The molecule has 1 aromatic rings. The first kappa shape index (κ1) is 15.2. The van der Waals surface area contributed by atoms with Crippen LogP contribution in [0.1, 0.15) is 25.7 Å². The third-order valence-corrected chi connectivity index (χ3v) is 5.88. The second kappa shape index (κ2) is 6.51. The summed E-state index contributed by atoms with van der Waals surface area (Å²) in [6.45, 7) is 0.355. The Labute approximate surface area is 128 Å². The summed E-state index contributed by atoms with van der Waals surface area (Å²) in [6, 6.07) is 6.70. The SMILES string of the molecule is NCC(NS(=O)(=O)c1ccc(I)cc1)C1CCCC1. The maximum absolute atomic E-state index is 12.3. The van der Waals surface area contributed by atoms with Gasteiger partial charge in [0.1, 0.15) is 0 Å². The molecule has 1 saturated carbocycles. The maximum Gasteiger partial charge on any atom is 0.240 e. The highest BCUT2D eigenvalue weighted by molar-refractivity contribution is 14.1. The van der Waals surface area contributed by atoms with Gasteiger partial charge in [0.05, 0.1) is 4.90 Å². The van der Waals surface area contributed by atoms with Gasteiger partial charge in [-0.1, -0.05) is 12.8 Å². The van der Waals surface area contributed by atoms with Crippen molar-refractivity contribution in [2.75, 3.05) is 6.54 Å². The lowest BCUT2D eigenvalue weighted by atomic mass is 9.99. The zero-order valence-corrected chi connectivity index (χ0v) is 13.7. The molecule has 4 nitrogen and oxygen atoms in total. The largest absolute Gasteiger partial charge is 0.329 e. The minimum absolute atomic E-state index is 0.147. The number of hydrogen-bond acceptors (Lipinski definition) is 3. The lowest BCUT2D eigenvalue weighted by Crippen LogP contribution is -2.44. The average Bonchev–Trinajstić information content (AvgIpc) is 2.90. The van der Waals surface area contributed by atoms with Crippen molar-refractivity contribution in [2.45, 2.75) is 36.6 Å². The molecule has 106 valence electrons. The monoisotopic (exact) mass is 394 g/mol. The van der Waals surface area contributed by atoms with Gasteiger partial charge >= 0.3 is 0 Å². The van der Waals surface area contributed by atoms with Crippen molar-refractivity contribution in [2.24, 2.45) is 11.7 Å². The fourth-order valence-corrected chi connectivity index (χ4v) is 4.25. The van der Waals surface area contributed by atoms with Crippen LogP contribution in [0.25, 0.3) is 0 Å². The Morgan fingerprint density at radius 2 is 1.84 bits per heavy atom. The van der Waals surface area contributed by atoms with Crippen LogP contribution < -0.4 is 10.5 Å². The van der Waals surface area contributed by atoms with Crippen molar-refractivity contribution in [3.8, 4) is 0 Å². The molecule has 0 saturated heterocycles. The van der Waals surface area contributed by atoms with Gasteiger partial charge < -0.3 is 5.73 Å². The van der Waals surface area contributed by atoms with Crippen LogP contribution in [0.15, 0.2) is 29.2 Å². The molecule has 1 fully saturated rings. The topological polar surface area (TPSA) is 72.2 Å². The van der Waals surface area contributed by atoms with Gasteiger partial charge in [-0.25, -0.2) is 13.1 Å². The molecule has 0 aliphatic heterocycles. The third kappa shape index (κ3) is 3.90. The number of benzene rings is 1. The Balaban J connectivity index is 2.13. The van der Waals surface area contributed by atoms with Gasteiger partial charge in [-0.05, 0) is 65.6 Å². The molecule has 0 aromatic heterocycles. The molecule has 1 unspecified atom stereocenters. The van der Waals surface area contributed by atoms with Gasteiger partial charge in [0.2, 0.25) is 10.0 Å². The van der Waals surface area contributed by atoms with Gasteiger partial charge in [-0.2, -0.15) is 0 Å². The first-order valence-corrected chi connectivity index (χ1v) is 9.07. The van der Waals surface area contributed by atoms with Crippen LogP contribution in [0.5, 0.6) is 0 Å². The molecule has 1 atom stereocenters. The second-order valence-electron chi connectivity index (χ2n) is 4.96. The molecule has 0 radical (unpaired) electrons. The zero-order valence-electron chi connectivity index (χ0n) is 10.7. The molecule has 0 spiro atoms. The third-order valence-electron chi connectivity index (χ3n) is 3.65. The van der Waals surface area contributed by atoms with E-state index in [1.807, 2.05) is 0 Å². The highest BCUT2D eigenvalue weighted by Crippen LogP contribution is 2.28. The van der Waals surface area contributed by atoms with E-state index < -0.39 is 10.0 Å². The van der Waals surface area contributed by atoms with Crippen LogP contribution in [0.3, 0.4) is 0 Å². The van der Waals surface area contributed by atoms with E-state index in [1.165, 1.54) is 12.8 Å². The van der Waals surface area contributed by atoms with Crippen molar-refractivity contribution in [1.82, 2.24) is 4.72 Å². The van der Waals surface area contributed by atoms with E-state index in [0.29, 0.717) is 17.4 Å². The van der Waals surface area contributed by atoms with Crippen molar-refractivity contribution in [3.05, 3.63) is 27.8 Å². The minimum atomic E-state index is -3.46. The predicted octanol–water partition coefficient (Wildman–Crippen LogP) is 2.09. The number of sulfonamides is 1. The fourth-order valence-electron chi connectivity index (χ4n) is 2.58. The van der Waals surface area contributed by atoms with E-state index in [9.17, 15) is 8.42 Å². The molecule has 2 rings (SSSR count). The summed E-state index contributed by atoms with van der Waals surface area (Å²) < 4.78 is 28.4. The first-order chi connectivity index (χ1) is 9.03. The smallest absolute Gasteiger partial charge is 0.240 e. The number of halogens is 1. The standard InChI is InChI=1S/C13H19IN2O2S/c14-11-5-7-12(8-6-11)19(17,18)16-13(9-15)10-3-1-2-4-10/h5-8,10,13,16H,1-4,9,15H2. The Bertz CT molecular complexity index is 510. The number of nitrogens with two attached hydrogens (primary N) is 1. The summed E-state index contributed by atoms with van der Waals surface area (Å²) >= 11 is 2.15. The second-order valence-corrected chi connectivity index (χ2v) is 7.92. The van der Waals surface area contributed by atoms with Crippen LogP contribution in [0, 0.1) is 9.49 Å². The quantitative estimate of drug-likeness (QED) is 0.752. The molecule has 1 aromatic carbocycles. The van der Waals surface area contributed by atoms with Crippen molar-refractivity contribution in [3.63, 3.8) is 0 Å². The van der Waals surface area contributed by atoms with Gasteiger partial charge in [0.15, 0.2) is 0 Å². The molecule has 3 N–H and O–H groups in total. The van der Waals surface area contributed by atoms with Crippen molar-refractivity contribution in [1.29, 1.82) is 0 Å². The molecule has 0 bridgehead atoms. The Morgan fingerprint density at radius 3 is 2.37 bits per heavy atom. The van der Waals surface area contributed by atoms with Crippen molar-refractivity contribution >= 4 is 32.6 Å². The zero-order chi connectivity index (χ0) is 13.9. The highest BCUT2D eigenvalue weighted by atomic mass is 127. The van der Waals surface area contributed by atoms with Crippen LogP contribution in [0.4, 0.5) is 0 Å². The molecular weight excluding hydrogens is 375 g/mol. The minimum Gasteiger partial charge on any atom is -0.329 e. The van der Waals surface area contributed by atoms with E-state index in [2.05, 4.69) is 27.3 Å².